The molecule has 1 amide bonds. The molecule has 1 aliphatic rings. The summed E-state index contributed by atoms with van der Waals surface area (Å²) in [7, 11) is 3.41. The zero-order valence-electron chi connectivity index (χ0n) is 11.3. The van der Waals surface area contributed by atoms with Crippen LogP contribution in [0.5, 0.6) is 11.5 Å². The molecule has 1 heterocycles. The zero-order chi connectivity index (χ0) is 13.8. The summed E-state index contributed by atoms with van der Waals surface area (Å²) >= 11 is 0. The quantitative estimate of drug-likeness (QED) is 0.854. The van der Waals surface area contributed by atoms with Gasteiger partial charge in [-0.05, 0) is 44.1 Å². The second-order valence-electron chi connectivity index (χ2n) is 4.85. The first-order chi connectivity index (χ1) is 9.15. The molecule has 5 nitrogen and oxygen atoms in total. The molecular formula is C14H20N2O3. The van der Waals surface area contributed by atoms with Crippen LogP contribution in [0.4, 0.5) is 0 Å². The van der Waals surface area contributed by atoms with Gasteiger partial charge in [-0.3, -0.25) is 4.79 Å². The van der Waals surface area contributed by atoms with Crippen molar-refractivity contribution >= 4 is 5.91 Å². The number of hydrogen-bond donors (Lipinski definition) is 2. The molecule has 0 bridgehead atoms. The van der Waals surface area contributed by atoms with Crippen molar-refractivity contribution in [2.75, 3.05) is 33.8 Å². The molecule has 0 spiro atoms. The van der Waals surface area contributed by atoms with Gasteiger partial charge in [-0.2, -0.15) is 0 Å². The van der Waals surface area contributed by atoms with E-state index in [1.54, 1.807) is 12.1 Å². The molecule has 104 valence electrons. The Kier molecular flexibility index (Phi) is 4.27. The summed E-state index contributed by atoms with van der Waals surface area (Å²) in [5, 5.41) is 12.9. The van der Waals surface area contributed by atoms with Crippen LogP contribution in [0.3, 0.4) is 0 Å². The van der Waals surface area contributed by atoms with Gasteiger partial charge in [0, 0.05) is 18.7 Å². The minimum atomic E-state index is -0.0310. The van der Waals surface area contributed by atoms with Crippen molar-refractivity contribution in [1.82, 2.24) is 10.2 Å². The molecule has 2 N–H and O–H groups in total. The number of nitrogens with zero attached hydrogens (tertiary/aromatic N) is 1. The van der Waals surface area contributed by atoms with Gasteiger partial charge in [-0.1, -0.05) is 0 Å². The lowest BCUT2D eigenvalue weighted by Gasteiger charge is -2.17. The summed E-state index contributed by atoms with van der Waals surface area (Å²) in [6.45, 7) is 2.47. The van der Waals surface area contributed by atoms with Crippen LogP contribution in [-0.4, -0.2) is 49.7 Å². The molecule has 1 aliphatic heterocycles. The molecule has 1 aromatic rings. The van der Waals surface area contributed by atoms with E-state index in [0.29, 0.717) is 17.2 Å². The lowest BCUT2D eigenvalue weighted by molar-refractivity contribution is 0.0786. The van der Waals surface area contributed by atoms with Gasteiger partial charge < -0.3 is 20.1 Å². The summed E-state index contributed by atoms with van der Waals surface area (Å²) in [6, 6.07) is 4.77. The van der Waals surface area contributed by atoms with Crippen LogP contribution in [0.25, 0.3) is 0 Å². The molecule has 1 unspecified atom stereocenters. The topological polar surface area (TPSA) is 61.8 Å². The predicted octanol–water partition coefficient (Wildman–Crippen LogP) is 1.08. The van der Waals surface area contributed by atoms with Crippen molar-refractivity contribution in [2.24, 2.45) is 5.92 Å². The van der Waals surface area contributed by atoms with Crippen molar-refractivity contribution in [3.63, 3.8) is 0 Å². The number of likely N-dealkylation sites (tertiary alicyclic amines) is 1. The fraction of sp³-hybridized carbons (Fsp3) is 0.500. The molecule has 0 radical (unpaired) electrons. The maximum atomic E-state index is 12.3. The number of methoxy groups -OCH3 is 1. The number of phenolic OH excluding ortho intramolecular Hbond substituents is 1. The van der Waals surface area contributed by atoms with Crippen molar-refractivity contribution in [3.05, 3.63) is 23.8 Å². The lowest BCUT2D eigenvalue weighted by Crippen LogP contribution is -2.30. The van der Waals surface area contributed by atoms with Gasteiger partial charge in [0.1, 0.15) is 0 Å². The summed E-state index contributed by atoms with van der Waals surface area (Å²) in [4.78, 5) is 14.1. The number of hydrogen-bond acceptors (Lipinski definition) is 4. The Morgan fingerprint density at radius 3 is 3.00 bits per heavy atom. The van der Waals surface area contributed by atoms with Crippen LogP contribution in [0.15, 0.2) is 18.2 Å². The zero-order valence-corrected chi connectivity index (χ0v) is 11.3. The Labute approximate surface area is 113 Å². The number of ether oxygens (including phenoxy) is 1. The van der Waals surface area contributed by atoms with Crippen LogP contribution in [-0.2, 0) is 0 Å². The van der Waals surface area contributed by atoms with E-state index in [0.717, 1.165) is 26.1 Å². The number of amides is 1. The smallest absolute Gasteiger partial charge is 0.254 e. The fourth-order valence-electron chi connectivity index (χ4n) is 2.48. The largest absolute Gasteiger partial charge is 0.504 e. The number of carbonyl (C=O) groups excluding carboxylic acids is 1. The second kappa shape index (κ2) is 5.93. The molecule has 1 fully saturated rings. The maximum absolute atomic E-state index is 12.3. The van der Waals surface area contributed by atoms with Gasteiger partial charge in [0.05, 0.1) is 7.11 Å². The van der Waals surface area contributed by atoms with Crippen LogP contribution >= 0.6 is 0 Å². The summed E-state index contributed by atoms with van der Waals surface area (Å²) in [5.74, 6) is 0.864. The van der Waals surface area contributed by atoms with E-state index in [9.17, 15) is 9.90 Å². The van der Waals surface area contributed by atoms with Crippen LogP contribution in [0, 0.1) is 5.92 Å². The van der Waals surface area contributed by atoms with Gasteiger partial charge >= 0.3 is 0 Å². The van der Waals surface area contributed by atoms with E-state index in [1.807, 2.05) is 11.9 Å². The summed E-state index contributed by atoms with van der Waals surface area (Å²) < 4.78 is 4.97. The lowest BCUT2D eigenvalue weighted by atomic mass is 10.1. The molecule has 1 saturated heterocycles. The molecule has 0 saturated carbocycles. The highest BCUT2D eigenvalue weighted by Crippen LogP contribution is 2.27. The molecule has 0 aliphatic carbocycles. The van der Waals surface area contributed by atoms with E-state index in [-0.39, 0.29) is 11.7 Å². The molecule has 5 heteroatoms. The number of benzene rings is 1. The highest BCUT2D eigenvalue weighted by atomic mass is 16.5. The number of rotatable bonds is 4. The number of nitrogens with one attached hydrogen (secondary N) is 1. The molecule has 2 rings (SSSR count). The minimum Gasteiger partial charge on any atom is -0.504 e. The fourth-order valence-corrected chi connectivity index (χ4v) is 2.48. The Balaban J connectivity index is 2.06. The van der Waals surface area contributed by atoms with E-state index in [4.69, 9.17) is 4.74 Å². The molecule has 1 atom stereocenters. The van der Waals surface area contributed by atoms with Gasteiger partial charge in [-0.15, -0.1) is 0 Å². The van der Waals surface area contributed by atoms with Crippen LogP contribution < -0.4 is 10.1 Å². The van der Waals surface area contributed by atoms with E-state index >= 15 is 0 Å². The van der Waals surface area contributed by atoms with Gasteiger partial charge in [0.15, 0.2) is 11.5 Å². The van der Waals surface area contributed by atoms with Crippen molar-refractivity contribution in [1.29, 1.82) is 0 Å². The first-order valence-electron chi connectivity index (χ1n) is 6.46. The normalized spacial score (nSPS) is 18.6. The standard InChI is InChI=1S/C14H20N2O3/c1-15-8-10-5-6-16(9-10)14(18)11-3-4-13(19-2)12(17)7-11/h3-4,7,10,15,17H,5-6,8-9H2,1-2H3. The molecular weight excluding hydrogens is 244 g/mol. The number of carbonyl (C=O) groups is 1. The maximum Gasteiger partial charge on any atom is 0.254 e. The Morgan fingerprint density at radius 1 is 1.58 bits per heavy atom. The minimum absolute atomic E-state index is 0.000628. The first-order valence-corrected chi connectivity index (χ1v) is 6.46. The third-order valence-electron chi connectivity index (χ3n) is 3.49. The highest BCUT2D eigenvalue weighted by Gasteiger charge is 2.26. The molecule has 1 aromatic carbocycles. The van der Waals surface area contributed by atoms with Gasteiger partial charge in [-0.25, -0.2) is 0 Å². The third kappa shape index (κ3) is 2.98. The first kappa shape index (κ1) is 13.7. The molecule has 0 aromatic heterocycles. The number of phenols is 1. The predicted molar refractivity (Wildman–Crippen MR) is 72.6 cm³/mol. The monoisotopic (exact) mass is 264 g/mol. The number of aromatic hydroxyl groups is 1. The average molecular weight is 264 g/mol. The highest BCUT2D eigenvalue weighted by molar-refractivity contribution is 5.95. The van der Waals surface area contributed by atoms with E-state index in [2.05, 4.69) is 5.32 Å². The summed E-state index contributed by atoms with van der Waals surface area (Å²) in [5.41, 5.74) is 0.503. The Bertz CT molecular complexity index is 462. The van der Waals surface area contributed by atoms with Crippen molar-refractivity contribution in [2.45, 2.75) is 6.42 Å². The van der Waals surface area contributed by atoms with Gasteiger partial charge in [0.25, 0.3) is 5.91 Å². The van der Waals surface area contributed by atoms with Crippen molar-refractivity contribution in [3.8, 4) is 11.5 Å². The molecule has 19 heavy (non-hydrogen) atoms. The van der Waals surface area contributed by atoms with E-state index in [1.165, 1.54) is 13.2 Å². The van der Waals surface area contributed by atoms with E-state index < -0.39 is 0 Å². The summed E-state index contributed by atoms with van der Waals surface area (Å²) in [6.07, 6.45) is 1.02. The van der Waals surface area contributed by atoms with Crippen LogP contribution in [0.2, 0.25) is 0 Å². The average Bonchev–Trinajstić information content (AvgIpc) is 2.87. The van der Waals surface area contributed by atoms with Gasteiger partial charge in [0.2, 0.25) is 0 Å². The third-order valence-corrected chi connectivity index (χ3v) is 3.49. The Hall–Kier alpha value is -1.75. The van der Waals surface area contributed by atoms with Crippen molar-refractivity contribution < 1.29 is 14.6 Å². The Morgan fingerprint density at radius 2 is 2.37 bits per heavy atom. The van der Waals surface area contributed by atoms with Crippen LogP contribution in [0.1, 0.15) is 16.8 Å². The second-order valence-corrected chi connectivity index (χ2v) is 4.85. The SMILES string of the molecule is CNCC1CCN(C(=O)c2ccc(OC)c(O)c2)C1.